The Morgan fingerprint density at radius 2 is 1.73 bits per heavy atom. The highest BCUT2D eigenvalue weighted by Gasteiger charge is 2.25. The fourth-order valence-corrected chi connectivity index (χ4v) is 3.46. The van der Waals surface area contributed by atoms with Gasteiger partial charge in [-0.2, -0.15) is 0 Å². The van der Waals surface area contributed by atoms with E-state index in [0.717, 1.165) is 10.5 Å². The highest BCUT2D eigenvalue weighted by Crippen LogP contribution is 2.19. The average molecular weight is 371 g/mol. The van der Waals surface area contributed by atoms with Crippen LogP contribution in [0.15, 0.2) is 59.5 Å². The van der Waals surface area contributed by atoms with Crippen molar-refractivity contribution in [2.45, 2.75) is 37.8 Å². The minimum Gasteiger partial charge on any atom is -0.357 e. The number of hydrogen-bond donors (Lipinski definition) is 1. The number of nitrogens with one attached hydrogen (secondary N) is 1. The van der Waals surface area contributed by atoms with Crippen LogP contribution in [0.3, 0.4) is 0 Å². The summed E-state index contributed by atoms with van der Waals surface area (Å²) in [5.41, 5.74) is 2.20. The number of hydrogen-bond acceptors (Lipinski definition) is 3. The maximum absolute atomic E-state index is 12.8. The van der Waals surface area contributed by atoms with E-state index in [2.05, 4.69) is 5.32 Å². The predicted octanol–water partition coefficient (Wildman–Crippen LogP) is 3.64. The van der Waals surface area contributed by atoms with Crippen molar-refractivity contribution in [3.8, 4) is 0 Å². The molecule has 5 heteroatoms. The molecule has 0 aromatic heterocycles. The molecule has 0 radical (unpaired) electrons. The zero-order valence-corrected chi connectivity index (χ0v) is 16.4. The molecule has 0 bridgehead atoms. The van der Waals surface area contributed by atoms with E-state index >= 15 is 0 Å². The van der Waals surface area contributed by atoms with Crippen molar-refractivity contribution in [3.63, 3.8) is 0 Å². The van der Waals surface area contributed by atoms with Crippen molar-refractivity contribution < 1.29 is 9.59 Å². The van der Waals surface area contributed by atoms with Crippen LogP contribution in [0.5, 0.6) is 0 Å². The monoisotopic (exact) mass is 370 g/mol. The smallest absolute Gasteiger partial charge is 0.242 e. The van der Waals surface area contributed by atoms with Gasteiger partial charge in [-0.1, -0.05) is 48.0 Å². The van der Waals surface area contributed by atoms with E-state index in [1.807, 2.05) is 61.5 Å². The molecule has 2 amide bonds. The molecule has 2 aromatic carbocycles. The Morgan fingerprint density at radius 3 is 2.35 bits per heavy atom. The Labute approximate surface area is 160 Å². The van der Waals surface area contributed by atoms with Crippen LogP contribution in [0.1, 0.15) is 24.5 Å². The number of carbonyl (C=O) groups is 2. The lowest BCUT2D eigenvalue weighted by Gasteiger charge is -2.28. The molecule has 26 heavy (non-hydrogen) atoms. The van der Waals surface area contributed by atoms with Crippen molar-refractivity contribution in [2.75, 3.05) is 12.8 Å². The van der Waals surface area contributed by atoms with E-state index < -0.39 is 6.04 Å². The number of aryl methyl sites for hydroxylation is 1. The summed E-state index contributed by atoms with van der Waals surface area (Å²) in [5, 5.41) is 2.64. The standard InChI is InChI=1S/C21H26N2O2S/c1-16-9-11-18(12-10-16)15-23(17(2)21(25)22-3)20(24)13-14-26-19-7-5-4-6-8-19/h4-12,17H,13-15H2,1-3H3,(H,22,25)/t17-/m0/s1. The summed E-state index contributed by atoms with van der Waals surface area (Å²) in [6, 6.07) is 17.6. The Hall–Kier alpha value is -2.27. The summed E-state index contributed by atoms with van der Waals surface area (Å²) in [4.78, 5) is 27.7. The molecule has 0 saturated carbocycles. The van der Waals surface area contributed by atoms with Crippen molar-refractivity contribution in [1.29, 1.82) is 0 Å². The molecular weight excluding hydrogens is 344 g/mol. The average Bonchev–Trinajstić information content (AvgIpc) is 2.67. The molecule has 2 rings (SSSR count). The van der Waals surface area contributed by atoms with Gasteiger partial charge in [0.25, 0.3) is 0 Å². The second kappa shape index (κ2) is 10.0. The van der Waals surface area contributed by atoms with Crippen molar-refractivity contribution in [2.24, 2.45) is 0 Å². The van der Waals surface area contributed by atoms with Crippen molar-refractivity contribution in [3.05, 3.63) is 65.7 Å². The van der Waals surface area contributed by atoms with Gasteiger partial charge in [0.15, 0.2) is 0 Å². The van der Waals surface area contributed by atoms with Crippen LogP contribution in [-0.4, -0.2) is 35.6 Å². The second-order valence-electron chi connectivity index (χ2n) is 6.21. The first-order chi connectivity index (χ1) is 12.5. The molecule has 0 heterocycles. The summed E-state index contributed by atoms with van der Waals surface area (Å²) in [6.07, 6.45) is 0.396. The molecule has 0 unspecified atom stereocenters. The van der Waals surface area contributed by atoms with E-state index in [1.165, 1.54) is 5.56 Å². The van der Waals surface area contributed by atoms with Gasteiger partial charge in [-0.3, -0.25) is 9.59 Å². The maximum atomic E-state index is 12.8. The Kier molecular flexibility index (Phi) is 7.73. The van der Waals surface area contributed by atoms with Crippen molar-refractivity contribution >= 4 is 23.6 Å². The first-order valence-corrected chi connectivity index (χ1v) is 9.74. The van der Waals surface area contributed by atoms with Gasteiger partial charge >= 0.3 is 0 Å². The second-order valence-corrected chi connectivity index (χ2v) is 7.38. The van der Waals surface area contributed by atoms with Gasteiger partial charge in [-0.05, 0) is 31.5 Å². The van der Waals surface area contributed by atoms with Crippen LogP contribution in [0.2, 0.25) is 0 Å². The fourth-order valence-electron chi connectivity index (χ4n) is 2.60. The first-order valence-electron chi connectivity index (χ1n) is 8.75. The minimum atomic E-state index is -0.504. The quantitative estimate of drug-likeness (QED) is 0.722. The Balaban J connectivity index is 2.02. The number of likely N-dealkylation sites (N-methyl/N-ethyl adjacent to an activating group) is 1. The molecule has 0 aliphatic carbocycles. The Morgan fingerprint density at radius 1 is 1.08 bits per heavy atom. The molecule has 0 spiro atoms. The zero-order valence-electron chi connectivity index (χ0n) is 15.6. The molecule has 2 aromatic rings. The fraction of sp³-hybridized carbons (Fsp3) is 0.333. The number of nitrogens with zero attached hydrogens (tertiary/aromatic N) is 1. The van der Waals surface area contributed by atoms with Crippen LogP contribution in [0, 0.1) is 6.92 Å². The van der Waals surface area contributed by atoms with E-state index in [0.29, 0.717) is 18.7 Å². The van der Waals surface area contributed by atoms with Crippen LogP contribution in [0.25, 0.3) is 0 Å². The van der Waals surface area contributed by atoms with Crippen molar-refractivity contribution in [1.82, 2.24) is 10.2 Å². The molecule has 1 atom stereocenters. The molecule has 0 saturated heterocycles. The lowest BCUT2D eigenvalue weighted by atomic mass is 10.1. The summed E-state index contributed by atoms with van der Waals surface area (Å²) in [7, 11) is 1.60. The van der Waals surface area contributed by atoms with Gasteiger partial charge in [0, 0.05) is 30.7 Å². The molecule has 138 valence electrons. The van der Waals surface area contributed by atoms with Crippen LogP contribution in [0.4, 0.5) is 0 Å². The maximum Gasteiger partial charge on any atom is 0.242 e. The summed E-state index contributed by atoms with van der Waals surface area (Å²) >= 11 is 1.65. The lowest BCUT2D eigenvalue weighted by molar-refractivity contribution is -0.140. The highest BCUT2D eigenvalue weighted by atomic mass is 32.2. The number of carbonyl (C=O) groups excluding carboxylic acids is 2. The van der Waals surface area contributed by atoms with E-state index in [9.17, 15) is 9.59 Å². The summed E-state index contributed by atoms with van der Waals surface area (Å²) < 4.78 is 0. The van der Waals surface area contributed by atoms with Gasteiger partial charge in [0.1, 0.15) is 6.04 Å². The zero-order chi connectivity index (χ0) is 18.9. The summed E-state index contributed by atoms with van der Waals surface area (Å²) in [6.45, 7) is 4.24. The topological polar surface area (TPSA) is 49.4 Å². The van der Waals surface area contributed by atoms with Gasteiger partial charge in [-0.15, -0.1) is 11.8 Å². The third kappa shape index (κ3) is 5.92. The number of thioether (sulfide) groups is 1. The van der Waals surface area contributed by atoms with E-state index in [4.69, 9.17) is 0 Å². The molecule has 0 fully saturated rings. The number of rotatable bonds is 8. The third-order valence-electron chi connectivity index (χ3n) is 4.22. The SMILES string of the molecule is CNC(=O)[C@H](C)N(Cc1ccc(C)cc1)C(=O)CCSc1ccccc1. The van der Waals surface area contributed by atoms with Gasteiger partial charge in [0.05, 0.1) is 0 Å². The van der Waals surface area contributed by atoms with Crippen LogP contribution >= 0.6 is 11.8 Å². The van der Waals surface area contributed by atoms with Gasteiger partial charge < -0.3 is 10.2 Å². The third-order valence-corrected chi connectivity index (χ3v) is 5.23. The molecule has 0 aliphatic rings. The molecule has 4 nitrogen and oxygen atoms in total. The van der Waals surface area contributed by atoms with Crippen LogP contribution < -0.4 is 5.32 Å². The number of benzene rings is 2. The van der Waals surface area contributed by atoms with E-state index in [1.54, 1.807) is 30.6 Å². The molecule has 0 aliphatic heterocycles. The van der Waals surface area contributed by atoms with E-state index in [-0.39, 0.29) is 11.8 Å². The molecule has 1 N–H and O–H groups in total. The number of amides is 2. The summed E-state index contributed by atoms with van der Waals surface area (Å²) in [5.74, 6) is 0.527. The van der Waals surface area contributed by atoms with Gasteiger partial charge in [-0.25, -0.2) is 0 Å². The largest absolute Gasteiger partial charge is 0.357 e. The highest BCUT2D eigenvalue weighted by molar-refractivity contribution is 7.99. The Bertz CT molecular complexity index is 717. The lowest BCUT2D eigenvalue weighted by Crippen LogP contribution is -2.46. The van der Waals surface area contributed by atoms with Gasteiger partial charge in [0.2, 0.25) is 11.8 Å². The predicted molar refractivity (Wildman–Crippen MR) is 107 cm³/mol. The minimum absolute atomic E-state index is 0.00916. The first kappa shape index (κ1) is 20.0. The molecular formula is C21H26N2O2S. The normalized spacial score (nSPS) is 11.7. The van der Waals surface area contributed by atoms with Crippen LogP contribution in [-0.2, 0) is 16.1 Å².